The lowest BCUT2D eigenvalue weighted by atomic mass is 10.1. The molecule has 1 aliphatic rings. The number of amides is 1. The lowest BCUT2D eigenvalue weighted by molar-refractivity contribution is -0.0530. The van der Waals surface area contributed by atoms with Gasteiger partial charge in [0.05, 0.1) is 6.61 Å². The third-order valence-electron chi connectivity index (χ3n) is 3.02. The van der Waals surface area contributed by atoms with E-state index < -0.39 is 42.5 Å². The fourth-order valence-electron chi connectivity index (χ4n) is 1.97. The van der Waals surface area contributed by atoms with E-state index in [4.69, 9.17) is 15.6 Å². The number of hydrogen-bond acceptors (Lipinski definition) is 6. The summed E-state index contributed by atoms with van der Waals surface area (Å²) in [5.41, 5.74) is 4.26. The molecule has 0 unspecified atom stereocenters. The summed E-state index contributed by atoms with van der Waals surface area (Å²) in [4.78, 5) is 22.5. The number of carbonyl (C=O) groups is 1. The summed E-state index contributed by atoms with van der Waals surface area (Å²) in [6.45, 7) is -0.461. The van der Waals surface area contributed by atoms with Crippen molar-refractivity contribution >= 4 is 5.91 Å². The van der Waals surface area contributed by atoms with E-state index >= 15 is 0 Å². The number of carbonyl (C=O) groups excluding carboxylic acids is 1. The number of nitrogens with zero attached hydrogens (tertiary/aromatic N) is 1. The van der Waals surface area contributed by atoms with E-state index in [-0.39, 0.29) is 5.56 Å². The first kappa shape index (κ1) is 13.7. The van der Waals surface area contributed by atoms with Crippen molar-refractivity contribution in [2.45, 2.75) is 24.5 Å². The first-order valence-electron chi connectivity index (χ1n) is 5.59. The SMILES string of the molecule is NC(=O)c1cn([C@H]2O[C@H](CO)[C@@H](O)[C@H]2O)ccc1=O. The Morgan fingerprint density at radius 3 is 2.63 bits per heavy atom. The van der Waals surface area contributed by atoms with Crippen molar-refractivity contribution in [1.29, 1.82) is 0 Å². The molecule has 8 nitrogen and oxygen atoms in total. The van der Waals surface area contributed by atoms with Crippen LogP contribution in [0, 0.1) is 0 Å². The minimum atomic E-state index is -1.29. The second-order valence-electron chi connectivity index (χ2n) is 4.26. The average molecular weight is 270 g/mol. The van der Waals surface area contributed by atoms with Gasteiger partial charge in [0.1, 0.15) is 23.9 Å². The molecule has 0 saturated carbocycles. The van der Waals surface area contributed by atoms with Crippen LogP contribution >= 0.6 is 0 Å². The van der Waals surface area contributed by atoms with Crippen molar-refractivity contribution in [3.05, 3.63) is 34.2 Å². The molecule has 0 aromatic carbocycles. The van der Waals surface area contributed by atoms with Crippen LogP contribution in [0.5, 0.6) is 0 Å². The molecule has 0 spiro atoms. The van der Waals surface area contributed by atoms with E-state index in [0.717, 1.165) is 12.3 Å². The summed E-state index contributed by atoms with van der Waals surface area (Å²) < 4.78 is 6.51. The number of pyridine rings is 1. The normalized spacial score (nSPS) is 30.5. The smallest absolute Gasteiger partial charge is 0.254 e. The van der Waals surface area contributed by atoms with Crippen LogP contribution in [-0.2, 0) is 4.74 Å². The lowest BCUT2D eigenvalue weighted by Gasteiger charge is -2.18. The topological polar surface area (TPSA) is 135 Å². The minimum absolute atomic E-state index is 0.250. The molecule has 0 radical (unpaired) electrons. The first-order chi connectivity index (χ1) is 8.95. The maximum Gasteiger partial charge on any atom is 0.254 e. The fraction of sp³-hybridized carbons (Fsp3) is 0.455. The number of aromatic nitrogens is 1. The molecule has 1 amide bonds. The van der Waals surface area contributed by atoms with Gasteiger partial charge in [-0.15, -0.1) is 0 Å². The van der Waals surface area contributed by atoms with Gasteiger partial charge in [-0.25, -0.2) is 0 Å². The van der Waals surface area contributed by atoms with E-state index in [1.54, 1.807) is 0 Å². The molecule has 5 N–H and O–H groups in total. The van der Waals surface area contributed by atoms with Crippen molar-refractivity contribution in [2.24, 2.45) is 5.73 Å². The molecule has 1 aromatic rings. The number of aliphatic hydroxyl groups excluding tert-OH is 3. The standard InChI is InChI=1S/C11H14N2O6/c12-10(18)5-3-13(2-1-6(5)15)11-9(17)8(16)7(4-14)19-11/h1-3,7-9,11,14,16-17H,4H2,(H2,12,18)/t7-,8-,9-,11+/m1/s1. The monoisotopic (exact) mass is 270 g/mol. The second kappa shape index (κ2) is 5.10. The summed E-state index contributed by atoms with van der Waals surface area (Å²) in [6, 6.07) is 1.11. The molecule has 2 rings (SSSR count). The average Bonchev–Trinajstić information content (AvgIpc) is 2.66. The van der Waals surface area contributed by atoms with Gasteiger partial charge < -0.3 is 30.4 Å². The Kier molecular flexibility index (Phi) is 3.67. The number of nitrogens with two attached hydrogens (primary N) is 1. The van der Waals surface area contributed by atoms with Crippen LogP contribution in [0.3, 0.4) is 0 Å². The molecule has 4 atom stereocenters. The van der Waals surface area contributed by atoms with Gasteiger partial charge >= 0.3 is 0 Å². The quantitative estimate of drug-likeness (QED) is 0.482. The second-order valence-corrected chi connectivity index (χ2v) is 4.26. The predicted octanol–water partition coefficient (Wildman–Crippen LogP) is -2.44. The minimum Gasteiger partial charge on any atom is -0.394 e. The number of hydrogen-bond donors (Lipinski definition) is 4. The van der Waals surface area contributed by atoms with Crippen LogP contribution in [0.4, 0.5) is 0 Å². The summed E-state index contributed by atoms with van der Waals surface area (Å²) in [6.07, 6.45) is -2.05. The van der Waals surface area contributed by atoms with E-state index in [0.29, 0.717) is 0 Å². The van der Waals surface area contributed by atoms with E-state index in [1.807, 2.05) is 0 Å². The van der Waals surface area contributed by atoms with Crippen molar-refractivity contribution < 1.29 is 24.9 Å². The Balaban J connectivity index is 2.35. The molecule has 0 bridgehead atoms. The Bertz CT molecular complexity index is 542. The molecule has 1 aliphatic heterocycles. The van der Waals surface area contributed by atoms with Gasteiger partial charge in [0, 0.05) is 18.5 Å². The third kappa shape index (κ3) is 2.38. The highest BCUT2D eigenvalue weighted by molar-refractivity contribution is 5.92. The molecule has 2 heterocycles. The van der Waals surface area contributed by atoms with Gasteiger partial charge in [-0.3, -0.25) is 9.59 Å². The summed E-state index contributed by atoms with van der Waals surface area (Å²) in [5.74, 6) is -0.897. The zero-order valence-corrected chi connectivity index (χ0v) is 9.84. The predicted molar refractivity (Wildman–Crippen MR) is 62.2 cm³/mol. The largest absolute Gasteiger partial charge is 0.394 e. The van der Waals surface area contributed by atoms with Gasteiger partial charge in [-0.05, 0) is 0 Å². The Labute approximate surface area is 107 Å². The lowest BCUT2D eigenvalue weighted by Crippen LogP contribution is -2.33. The number of rotatable bonds is 3. The molecule has 1 fully saturated rings. The molecule has 8 heteroatoms. The molecule has 1 aromatic heterocycles. The molecular formula is C11H14N2O6. The van der Waals surface area contributed by atoms with Gasteiger partial charge in [-0.1, -0.05) is 0 Å². The van der Waals surface area contributed by atoms with E-state index in [1.165, 1.54) is 10.8 Å². The highest BCUT2D eigenvalue weighted by Gasteiger charge is 2.43. The van der Waals surface area contributed by atoms with Gasteiger partial charge in [0.25, 0.3) is 5.91 Å². The zero-order chi connectivity index (χ0) is 14.2. The highest BCUT2D eigenvalue weighted by atomic mass is 16.6. The summed E-state index contributed by atoms with van der Waals surface area (Å²) >= 11 is 0. The maximum absolute atomic E-state index is 11.4. The summed E-state index contributed by atoms with van der Waals surface area (Å²) in [5, 5.41) is 28.4. The molecule has 1 saturated heterocycles. The van der Waals surface area contributed by atoms with Crippen LogP contribution < -0.4 is 11.2 Å². The zero-order valence-electron chi connectivity index (χ0n) is 9.84. The maximum atomic E-state index is 11.4. The van der Waals surface area contributed by atoms with Crippen LogP contribution in [0.2, 0.25) is 0 Å². The van der Waals surface area contributed by atoms with Gasteiger partial charge in [-0.2, -0.15) is 0 Å². The first-order valence-corrected chi connectivity index (χ1v) is 5.59. The van der Waals surface area contributed by atoms with Crippen LogP contribution in [0.25, 0.3) is 0 Å². The summed E-state index contributed by atoms with van der Waals surface area (Å²) in [7, 11) is 0. The molecule has 0 aliphatic carbocycles. The van der Waals surface area contributed by atoms with Crippen molar-refractivity contribution in [3.63, 3.8) is 0 Å². The Morgan fingerprint density at radius 1 is 1.42 bits per heavy atom. The number of ether oxygens (including phenoxy) is 1. The van der Waals surface area contributed by atoms with Crippen LogP contribution in [0.15, 0.2) is 23.3 Å². The van der Waals surface area contributed by atoms with Crippen molar-refractivity contribution in [1.82, 2.24) is 4.57 Å². The Hall–Kier alpha value is -1.74. The number of aliphatic hydroxyl groups is 3. The van der Waals surface area contributed by atoms with E-state index in [2.05, 4.69) is 0 Å². The fourth-order valence-corrected chi connectivity index (χ4v) is 1.97. The number of primary amides is 1. The van der Waals surface area contributed by atoms with Crippen molar-refractivity contribution in [2.75, 3.05) is 6.61 Å². The van der Waals surface area contributed by atoms with Crippen LogP contribution in [-0.4, -0.2) is 50.7 Å². The molecule has 104 valence electrons. The van der Waals surface area contributed by atoms with Crippen molar-refractivity contribution in [3.8, 4) is 0 Å². The molecular weight excluding hydrogens is 256 g/mol. The highest BCUT2D eigenvalue weighted by Crippen LogP contribution is 2.28. The van der Waals surface area contributed by atoms with Crippen LogP contribution in [0.1, 0.15) is 16.6 Å². The molecule has 19 heavy (non-hydrogen) atoms. The van der Waals surface area contributed by atoms with Gasteiger partial charge in [0.15, 0.2) is 11.7 Å². The Morgan fingerprint density at radius 2 is 2.11 bits per heavy atom. The third-order valence-corrected chi connectivity index (χ3v) is 3.02. The van der Waals surface area contributed by atoms with Gasteiger partial charge in [0.2, 0.25) is 0 Å². The van der Waals surface area contributed by atoms with E-state index in [9.17, 15) is 19.8 Å².